The van der Waals surface area contributed by atoms with Crippen molar-refractivity contribution in [3.8, 4) is 0 Å². The second-order valence-corrected chi connectivity index (χ2v) is 4.70. The largest absolute Gasteiger partial charge is 0.471 e. The van der Waals surface area contributed by atoms with Gasteiger partial charge in [0.1, 0.15) is 0 Å². The van der Waals surface area contributed by atoms with E-state index in [4.69, 9.17) is 11.6 Å². The zero-order valence-corrected chi connectivity index (χ0v) is 11.4. The van der Waals surface area contributed by atoms with Gasteiger partial charge >= 0.3 is 12.1 Å². The van der Waals surface area contributed by atoms with Gasteiger partial charge in [-0.3, -0.25) is 4.79 Å². The molecule has 1 amide bonds. The molecule has 0 unspecified atom stereocenters. The van der Waals surface area contributed by atoms with E-state index in [-0.39, 0.29) is 6.54 Å². The number of carbonyl (C=O) groups excluding carboxylic acids is 1. The standard InChI is InChI=1S/C10H8ClF3INO/c11-7-3-1-2-6(8(7)15)4-5-16-9(17)10(12,13)14/h1-3H,4-5H2,(H,16,17). The molecule has 2 nitrogen and oxygen atoms in total. The number of rotatable bonds is 3. The summed E-state index contributed by atoms with van der Waals surface area (Å²) < 4.78 is 36.4. The molecule has 0 saturated heterocycles. The summed E-state index contributed by atoms with van der Waals surface area (Å²) in [5, 5.41) is 2.35. The fourth-order valence-electron chi connectivity index (χ4n) is 1.15. The van der Waals surface area contributed by atoms with Gasteiger partial charge in [0.2, 0.25) is 0 Å². The van der Waals surface area contributed by atoms with Crippen LogP contribution in [-0.4, -0.2) is 18.6 Å². The quantitative estimate of drug-likeness (QED) is 0.806. The lowest BCUT2D eigenvalue weighted by Crippen LogP contribution is -2.37. The molecular weight excluding hydrogens is 369 g/mol. The summed E-state index contributed by atoms with van der Waals surface area (Å²) in [5.74, 6) is -1.92. The molecule has 17 heavy (non-hydrogen) atoms. The van der Waals surface area contributed by atoms with Crippen molar-refractivity contribution in [3.63, 3.8) is 0 Å². The predicted octanol–water partition coefficient (Wildman–Crippen LogP) is 3.17. The van der Waals surface area contributed by atoms with Gasteiger partial charge in [-0.25, -0.2) is 0 Å². The van der Waals surface area contributed by atoms with E-state index < -0.39 is 12.1 Å². The Morgan fingerprint density at radius 2 is 2.06 bits per heavy atom. The number of halogens is 5. The summed E-state index contributed by atoms with van der Waals surface area (Å²) in [6.07, 6.45) is -4.53. The van der Waals surface area contributed by atoms with Crippen LogP contribution in [0.15, 0.2) is 18.2 Å². The van der Waals surface area contributed by atoms with Gasteiger partial charge in [-0.1, -0.05) is 23.7 Å². The van der Waals surface area contributed by atoms with Crippen LogP contribution in [0.1, 0.15) is 5.56 Å². The van der Waals surface area contributed by atoms with Crippen molar-refractivity contribution in [2.24, 2.45) is 0 Å². The number of hydrogen-bond acceptors (Lipinski definition) is 1. The first-order valence-electron chi connectivity index (χ1n) is 4.60. The third kappa shape index (κ3) is 4.34. The summed E-state index contributed by atoms with van der Waals surface area (Å²) in [6.45, 7) is -0.0747. The lowest BCUT2D eigenvalue weighted by atomic mass is 10.1. The maximum atomic E-state index is 11.9. The van der Waals surface area contributed by atoms with Crippen molar-refractivity contribution in [3.05, 3.63) is 32.4 Å². The lowest BCUT2D eigenvalue weighted by Gasteiger charge is -2.09. The average Bonchev–Trinajstić information content (AvgIpc) is 2.22. The topological polar surface area (TPSA) is 29.1 Å². The minimum absolute atomic E-state index is 0.0747. The molecule has 1 aromatic carbocycles. The second-order valence-electron chi connectivity index (χ2n) is 3.22. The van der Waals surface area contributed by atoms with E-state index in [0.29, 0.717) is 11.4 Å². The van der Waals surface area contributed by atoms with Gasteiger partial charge in [0.05, 0.1) is 5.02 Å². The molecule has 7 heteroatoms. The van der Waals surface area contributed by atoms with Gasteiger partial charge in [0.15, 0.2) is 0 Å². The van der Waals surface area contributed by atoms with E-state index >= 15 is 0 Å². The van der Waals surface area contributed by atoms with E-state index in [1.54, 1.807) is 18.2 Å². The average molecular weight is 378 g/mol. The Labute approximate surface area is 115 Å². The third-order valence-electron chi connectivity index (χ3n) is 1.97. The molecule has 1 rings (SSSR count). The Balaban J connectivity index is 2.52. The van der Waals surface area contributed by atoms with E-state index in [2.05, 4.69) is 0 Å². The summed E-state index contributed by atoms with van der Waals surface area (Å²) in [7, 11) is 0. The monoisotopic (exact) mass is 377 g/mol. The molecule has 94 valence electrons. The van der Waals surface area contributed by atoms with Gasteiger partial charge in [0.25, 0.3) is 0 Å². The Morgan fingerprint density at radius 3 is 2.65 bits per heavy atom. The van der Waals surface area contributed by atoms with Gasteiger partial charge in [0, 0.05) is 10.1 Å². The minimum atomic E-state index is -4.83. The first-order chi connectivity index (χ1) is 7.82. The summed E-state index contributed by atoms with van der Waals surface area (Å²) >= 11 is 7.86. The van der Waals surface area contributed by atoms with Crippen LogP contribution in [-0.2, 0) is 11.2 Å². The predicted molar refractivity (Wildman–Crippen MR) is 66.9 cm³/mol. The van der Waals surface area contributed by atoms with Crippen LogP contribution in [0, 0.1) is 3.57 Å². The minimum Gasteiger partial charge on any atom is -0.348 e. The highest BCUT2D eigenvalue weighted by Crippen LogP contribution is 2.22. The fraction of sp³-hybridized carbons (Fsp3) is 0.300. The number of alkyl halides is 3. The molecule has 0 spiro atoms. The molecule has 0 radical (unpaired) electrons. The van der Waals surface area contributed by atoms with E-state index in [1.807, 2.05) is 27.9 Å². The Kier molecular flexibility index (Phi) is 5.05. The van der Waals surface area contributed by atoms with Crippen molar-refractivity contribution >= 4 is 40.1 Å². The van der Waals surface area contributed by atoms with Crippen LogP contribution in [0.2, 0.25) is 5.02 Å². The zero-order chi connectivity index (χ0) is 13.1. The first kappa shape index (κ1) is 14.6. The zero-order valence-electron chi connectivity index (χ0n) is 8.44. The van der Waals surface area contributed by atoms with Crippen LogP contribution >= 0.6 is 34.2 Å². The highest BCUT2D eigenvalue weighted by molar-refractivity contribution is 14.1. The molecule has 1 N–H and O–H groups in total. The molecule has 0 aliphatic heterocycles. The molecule has 0 saturated carbocycles. The van der Waals surface area contributed by atoms with Crippen LogP contribution in [0.4, 0.5) is 13.2 Å². The van der Waals surface area contributed by atoms with Crippen molar-refractivity contribution in [2.45, 2.75) is 12.6 Å². The number of amides is 1. The molecule has 0 bridgehead atoms. The third-order valence-corrected chi connectivity index (χ3v) is 3.88. The summed E-state index contributed by atoms with van der Waals surface area (Å²) in [6, 6.07) is 5.17. The van der Waals surface area contributed by atoms with E-state index in [0.717, 1.165) is 9.13 Å². The molecule has 0 atom stereocenters. The molecule has 0 aromatic heterocycles. The summed E-state index contributed by atoms with van der Waals surface area (Å²) in [5.41, 5.74) is 0.806. The smallest absolute Gasteiger partial charge is 0.348 e. The van der Waals surface area contributed by atoms with E-state index in [9.17, 15) is 18.0 Å². The van der Waals surface area contributed by atoms with Crippen LogP contribution < -0.4 is 5.32 Å². The van der Waals surface area contributed by atoms with Crippen molar-refractivity contribution < 1.29 is 18.0 Å². The molecule has 0 aliphatic rings. The molecular formula is C10H8ClF3INO. The lowest BCUT2D eigenvalue weighted by molar-refractivity contribution is -0.173. The number of hydrogen-bond donors (Lipinski definition) is 1. The van der Waals surface area contributed by atoms with E-state index in [1.165, 1.54) is 0 Å². The maximum Gasteiger partial charge on any atom is 0.471 e. The van der Waals surface area contributed by atoms with Crippen LogP contribution in [0.3, 0.4) is 0 Å². The van der Waals surface area contributed by atoms with Crippen molar-refractivity contribution in [2.75, 3.05) is 6.54 Å². The van der Waals surface area contributed by atoms with Gasteiger partial charge in [-0.05, 0) is 40.6 Å². The number of nitrogens with one attached hydrogen (secondary N) is 1. The Hall–Kier alpha value is -0.500. The number of benzene rings is 1. The maximum absolute atomic E-state index is 11.9. The Morgan fingerprint density at radius 1 is 1.41 bits per heavy atom. The Bertz CT molecular complexity index is 423. The molecule has 0 fully saturated rings. The molecule has 1 aromatic rings. The highest BCUT2D eigenvalue weighted by atomic mass is 127. The normalized spacial score (nSPS) is 11.4. The molecule has 0 heterocycles. The first-order valence-corrected chi connectivity index (χ1v) is 6.06. The highest BCUT2D eigenvalue weighted by Gasteiger charge is 2.38. The summed E-state index contributed by atoms with van der Waals surface area (Å²) in [4.78, 5) is 10.5. The number of carbonyl (C=O) groups is 1. The van der Waals surface area contributed by atoms with Crippen molar-refractivity contribution in [1.82, 2.24) is 5.32 Å². The van der Waals surface area contributed by atoms with Gasteiger partial charge in [-0.15, -0.1) is 0 Å². The fourth-order valence-corrected chi connectivity index (χ4v) is 1.98. The van der Waals surface area contributed by atoms with Crippen molar-refractivity contribution in [1.29, 1.82) is 0 Å². The van der Waals surface area contributed by atoms with Crippen LogP contribution in [0.25, 0.3) is 0 Å². The second kappa shape index (κ2) is 5.90. The van der Waals surface area contributed by atoms with Gasteiger partial charge in [-0.2, -0.15) is 13.2 Å². The molecule has 0 aliphatic carbocycles. The SMILES string of the molecule is O=C(NCCc1cccc(Cl)c1I)C(F)(F)F. The van der Waals surface area contributed by atoms with Gasteiger partial charge < -0.3 is 5.32 Å². The van der Waals surface area contributed by atoms with Crippen LogP contribution in [0.5, 0.6) is 0 Å².